The third-order valence-corrected chi connectivity index (χ3v) is 4.49. The molecule has 2 aromatic carbocycles. The van der Waals surface area contributed by atoms with Gasteiger partial charge in [-0.25, -0.2) is 4.79 Å². The summed E-state index contributed by atoms with van der Waals surface area (Å²) in [4.78, 5) is 26.0. The average molecular weight is 355 g/mol. The molecule has 0 radical (unpaired) electrons. The number of halogens is 1. The van der Waals surface area contributed by atoms with E-state index in [9.17, 15) is 9.59 Å². The highest BCUT2D eigenvalue weighted by atomic mass is 35.5. The van der Waals surface area contributed by atoms with Crippen LogP contribution in [0.15, 0.2) is 42.1 Å². The van der Waals surface area contributed by atoms with Crippen LogP contribution in [-0.2, 0) is 11.3 Å². The molecule has 0 aromatic heterocycles. The van der Waals surface area contributed by atoms with Crippen LogP contribution in [0.3, 0.4) is 0 Å². The number of hydrogen-bond donors (Lipinski definition) is 1. The second-order valence-electron chi connectivity index (χ2n) is 6.32. The van der Waals surface area contributed by atoms with Crippen LogP contribution in [0, 0.1) is 20.8 Å². The van der Waals surface area contributed by atoms with Crippen molar-refractivity contribution < 1.29 is 9.59 Å². The summed E-state index contributed by atoms with van der Waals surface area (Å²) in [6.45, 7) is 6.25. The molecule has 1 aliphatic heterocycles. The van der Waals surface area contributed by atoms with Gasteiger partial charge in [0.25, 0.3) is 5.91 Å². The zero-order valence-corrected chi connectivity index (χ0v) is 15.1. The maximum Gasteiger partial charge on any atom is 0.329 e. The Morgan fingerprint density at radius 3 is 2.24 bits per heavy atom. The first-order chi connectivity index (χ1) is 11.8. The summed E-state index contributed by atoms with van der Waals surface area (Å²) in [5.41, 5.74) is 5.42. The Morgan fingerprint density at radius 1 is 1.04 bits per heavy atom. The largest absolute Gasteiger partial charge is 0.329 e. The molecule has 4 nitrogen and oxygen atoms in total. The van der Waals surface area contributed by atoms with Crippen LogP contribution in [-0.4, -0.2) is 16.8 Å². The molecule has 1 heterocycles. The number of benzene rings is 2. The van der Waals surface area contributed by atoms with E-state index >= 15 is 0 Å². The van der Waals surface area contributed by atoms with Crippen LogP contribution in [0.4, 0.5) is 4.79 Å². The number of rotatable bonds is 3. The number of hydrogen-bond acceptors (Lipinski definition) is 2. The molecule has 1 fully saturated rings. The van der Waals surface area contributed by atoms with Gasteiger partial charge >= 0.3 is 6.03 Å². The summed E-state index contributed by atoms with van der Waals surface area (Å²) >= 11 is 5.87. The molecule has 1 N–H and O–H groups in total. The normalized spacial score (nSPS) is 15.8. The molecule has 0 unspecified atom stereocenters. The molecule has 3 rings (SSSR count). The van der Waals surface area contributed by atoms with Crippen molar-refractivity contribution in [3.8, 4) is 0 Å². The number of amides is 3. The Bertz CT molecular complexity index is 862. The van der Waals surface area contributed by atoms with Crippen molar-refractivity contribution in [3.05, 3.63) is 74.9 Å². The highest BCUT2D eigenvalue weighted by Crippen LogP contribution is 2.22. The minimum atomic E-state index is -0.409. The molecule has 0 bridgehead atoms. The van der Waals surface area contributed by atoms with Gasteiger partial charge < -0.3 is 5.32 Å². The first-order valence-electron chi connectivity index (χ1n) is 8.02. The molecule has 128 valence electrons. The van der Waals surface area contributed by atoms with E-state index in [1.54, 1.807) is 30.3 Å². The lowest BCUT2D eigenvalue weighted by atomic mass is 9.99. The van der Waals surface area contributed by atoms with Crippen molar-refractivity contribution in [1.82, 2.24) is 10.2 Å². The Balaban J connectivity index is 1.87. The van der Waals surface area contributed by atoms with Gasteiger partial charge in [-0.05, 0) is 61.2 Å². The standard InChI is InChI=1S/C20H19ClN2O2/c1-12-8-13(2)17(14(3)9-12)10-18-19(24)23(20(25)22-18)11-15-4-6-16(21)7-5-15/h4-10H,11H2,1-3H3,(H,22,25)/b18-10+. The molecule has 0 spiro atoms. The Hall–Kier alpha value is -2.59. The zero-order chi connectivity index (χ0) is 18.1. The van der Waals surface area contributed by atoms with Gasteiger partial charge in [0.2, 0.25) is 0 Å². The molecule has 2 aromatic rings. The fourth-order valence-electron chi connectivity index (χ4n) is 3.05. The van der Waals surface area contributed by atoms with Crippen molar-refractivity contribution in [2.75, 3.05) is 0 Å². The Morgan fingerprint density at radius 2 is 1.64 bits per heavy atom. The van der Waals surface area contributed by atoms with Gasteiger partial charge in [-0.3, -0.25) is 9.69 Å². The lowest BCUT2D eigenvalue weighted by molar-refractivity contribution is -0.123. The fourth-order valence-corrected chi connectivity index (χ4v) is 3.18. The van der Waals surface area contributed by atoms with E-state index in [1.165, 1.54) is 10.5 Å². The first kappa shape index (κ1) is 17.2. The number of imide groups is 1. The Labute approximate surface area is 152 Å². The summed E-state index contributed by atoms with van der Waals surface area (Å²) < 4.78 is 0. The number of urea groups is 1. The molecular formula is C20H19ClN2O2. The van der Waals surface area contributed by atoms with Crippen LogP contribution in [0.2, 0.25) is 5.02 Å². The maximum atomic E-state index is 12.6. The molecular weight excluding hydrogens is 336 g/mol. The quantitative estimate of drug-likeness (QED) is 0.657. The van der Waals surface area contributed by atoms with Gasteiger partial charge in [0.15, 0.2) is 0 Å². The molecule has 1 aliphatic rings. The van der Waals surface area contributed by atoms with E-state index in [1.807, 2.05) is 20.8 Å². The summed E-state index contributed by atoms with van der Waals surface area (Å²) in [6.07, 6.45) is 1.76. The molecule has 3 amide bonds. The van der Waals surface area contributed by atoms with E-state index in [2.05, 4.69) is 17.4 Å². The van der Waals surface area contributed by atoms with Crippen LogP contribution >= 0.6 is 11.6 Å². The van der Waals surface area contributed by atoms with E-state index in [-0.39, 0.29) is 12.5 Å². The van der Waals surface area contributed by atoms with Crippen molar-refractivity contribution in [1.29, 1.82) is 0 Å². The van der Waals surface area contributed by atoms with E-state index < -0.39 is 6.03 Å². The van der Waals surface area contributed by atoms with Gasteiger partial charge in [0.1, 0.15) is 5.70 Å². The molecule has 1 saturated heterocycles. The number of aryl methyl sites for hydroxylation is 3. The molecule has 0 aliphatic carbocycles. The molecule has 0 atom stereocenters. The van der Waals surface area contributed by atoms with Crippen LogP contribution < -0.4 is 5.32 Å². The van der Waals surface area contributed by atoms with E-state index in [4.69, 9.17) is 11.6 Å². The van der Waals surface area contributed by atoms with Crippen molar-refractivity contribution in [2.24, 2.45) is 0 Å². The number of nitrogens with one attached hydrogen (secondary N) is 1. The lowest BCUT2D eigenvalue weighted by Gasteiger charge is -2.12. The van der Waals surface area contributed by atoms with Gasteiger partial charge in [0.05, 0.1) is 6.54 Å². The molecule has 25 heavy (non-hydrogen) atoms. The second kappa shape index (κ2) is 6.73. The van der Waals surface area contributed by atoms with Gasteiger partial charge in [-0.15, -0.1) is 0 Å². The number of carbonyl (C=O) groups is 2. The van der Waals surface area contributed by atoms with Crippen LogP contribution in [0.5, 0.6) is 0 Å². The average Bonchev–Trinajstić information content (AvgIpc) is 2.80. The first-order valence-corrected chi connectivity index (χ1v) is 8.40. The predicted octanol–water partition coefficient (Wildman–Crippen LogP) is 4.36. The molecule has 0 saturated carbocycles. The second-order valence-corrected chi connectivity index (χ2v) is 6.75. The third kappa shape index (κ3) is 3.59. The smallest absolute Gasteiger partial charge is 0.303 e. The number of nitrogens with zero attached hydrogens (tertiary/aromatic N) is 1. The lowest BCUT2D eigenvalue weighted by Crippen LogP contribution is -2.30. The van der Waals surface area contributed by atoms with Gasteiger partial charge in [-0.2, -0.15) is 0 Å². The highest BCUT2D eigenvalue weighted by molar-refractivity contribution is 6.30. The van der Waals surface area contributed by atoms with Crippen molar-refractivity contribution in [3.63, 3.8) is 0 Å². The van der Waals surface area contributed by atoms with Crippen LogP contribution in [0.1, 0.15) is 27.8 Å². The number of carbonyl (C=O) groups excluding carboxylic acids is 2. The maximum absolute atomic E-state index is 12.6. The van der Waals surface area contributed by atoms with Crippen molar-refractivity contribution >= 4 is 29.6 Å². The molecule has 5 heteroatoms. The summed E-state index contributed by atoms with van der Waals surface area (Å²) in [6, 6.07) is 10.8. The third-order valence-electron chi connectivity index (χ3n) is 4.24. The van der Waals surface area contributed by atoms with Crippen molar-refractivity contribution in [2.45, 2.75) is 27.3 Å². The van der Waals surface area contributed by atoms with E-state index in [0.717, 1.165) is 22.3 Å². The highest BCUT2D eigenvalue weighted by Gasteiger charge is 2.33. The fraction of sp³-hybridized carbons (Fsp3) is 0.200. The SMILES string of the molecule is Cc1cc(C)c(/C=C2/NC(=O)N(Cc3ccc(Cl)cc3)C2=O)c(C)c1. The summed E-state index contributed by atoms with van der Waals surface area (Å²) in [5.74, 6) is -0.320. The van der Waals surface area contributed by atoms with Gasteiger partial charge in [-0.1, -0.05) is 41.4 Å². The topological polar surface area (TPSA) is 49.4 Å². The minimum absolute atomic E-state index is 0.213. The van der Waals surface area contributed by atoms with Crippen LogP contribution in [0.25, 0.3) is 6.08 Å². The minimum Gasteiger partial charge on any atom is -0.303 e. The van der Waals surface area contributed by atoms with Gasteiger partial charge in [0, 0.05) is 5.02 Å². The summed E-state index contributed by atoms with van der Waals surface area (Å²) in [7, 11) is 0. The predicted molar refractivity (Wildman–Crippen MR) is 99.2 cm³/mol. The van der Waals surface area contributed by atoms with E-state index in [0.29, 0.717) is 10.7 Å². The monoisotopic (exact) mass is 354 g/mol. The summed E-state index contributed by atoms with van der Waals surface area (Å²) in [5, 5.41) is 3.29. The Kier molecular flexibility index (Phi) is 4.64. The zero-order valence-electron chi connectivity index (χ0n) is 14.4.